The fourth-order valence-electron chi connectivity index (χ4n) is 2.92. The lowest BCUT2D eigenvalue weighted by molar-refractivity contribution is -0.138. The first-order valence-electron chi connectivity index (χ1n) is 7.80. The van der Waals surface area contributed by atoms with Crippen LogP contribution in [0.2, 0.25) is 5.15 Å². The lowest BCUT2D eigenvalue weighted by atomic mass is 9.86. The van der Waals surface area contributed by atoms with Gasteiger partial charge in [-0.25, -0.2) is 18.7 Å². The molecule has 1 aliphatic carbocycles. The lowest BCUT2D eigenvalue weighted by Gasteiger charge is -2.32. The highest BCUT2D eigenvalue weighted by Crippen LogP contribution is 2.48. The molecule has 0 radical (unpaired) electrons. The summed E-state index contributed by atoms with van der Waals surface area (Å²) in [6.45, 7) is -3.41. The van der Waals surface area contributed by atoms with E-state index < -0.39 is 59.0 Å². The van der Waals surface area contributed by atoms with Gasteiger partial charge in [-0.05, 0) is 24.1 Å². The SMILES string of the molecule is FC(F)Oc1cc(C(F)(F)F)cnc1NC1CCC(F)(F)c2c1ccnc2Cl. The maximum atomic E-state index is 14.2. The summed E-state index contributed by atoms with van der Waals surface area (Å²) in [6, 6.07) is 0.752. The number of ether oxygens (including phenoxy) is 1. The number of halogens is 8. The summed E-state index contributed by atoms with van der Waals surface area (Å²) in [5.74, 6) is -4.55. The van der Waals surface area contributed by atoms with Crippen molar-refractivity contribution in [2.24, 2.45) is 0 Å². The van der Waals surface area contributed by atoms with E-state index in [0.717, 1.165) is 0 Å². The zero-order valence-corrected chi connectivity index (χ0v) is 14.5. The van der Waals surface area contributed by atoms with Crippen molar-refractivity contribution in [1.29, 1.82) is 0 Å². The van der Waals surface area contributed by atoms with E-state index in [2.05, 4.69) is 20.0 Å². The van der Waals surface area contributed by atoms with Crippen LogP contribution in [0.5, 0.6) is 5.75 Å². The molecule has 1 atom stereocenters. The van der Waals surface area contributed by atoms with Crippen LogP contribution in [0.25, 0.3) is 0 Å². The Bertz CT molecular complexity index is 876. The van der Waals surface area contributed by atoms with Gasteiger partial charge >= 0.3 is 12.8 Å². The smallest absolute Gasteiger partial charge is 0.418 e. The summed E-state index contributed by atoms with van der Waals surface area (Å²) in [7, 11) is 0. The molecule has 1 aliphatic rings. The molecule has 2 aromatic rings. The van der Waals surface area contributed by atoms with Gasteiger partial charge in [-0.15, -0.1) is 0 Å². The largest absolute Gasteiger partial charge is 0.431 e. The van der Waals surface area contributed by atoms with E-state index in [4.69, 9.17) is 11.6 Å². The molecule has 1 N–H and O–H groups in total. The van der Waals surface area contributed by atoms with E-state index in [1.165, 1.54) is 12.3 Å². The van der Waals surface area contributed by atoms with Crippen molar-refractivity contribution in [3.8, 4) is 5.75 Å². The van der Waals surface area contributed by atoms with Gasteiger partial charge in [0.1, 0.15) is 5.15 Å². The summed E-state index contributed by atoms with van der Waals surface area (Å²) in [4.78, 5) is 7.12. The molecule has 12 heteroatoms. The molecule has 0 saturated carbocycles. The van der Waals surface area contributed by atoms with E-state index in [1.54, 1.807) is 0 Å². The molecule has 0 amide bonds. The van der Waals surface area contributed by atoms with Gasteiger partial charge in [-0.1, -0.05) is 11.6 Å². The number of fused-ring (bicyclic) bond motifs is 1. The van der Waals surface area contributed by atoms with E-state index in [0.29, 0.717) is 12.3 Å². The van der Waals surface area contributed by atoms with Crippen LogP contribution in [0, 0.1) is 0 Å². The molecule has 0 bridgehead atoms. The highest BCUT2D eigenvalue weighted by Gasteiger charge is 2.43. The van der Waals surface area contributed by atoms with Crippen molar-refractivity contribution < 1.29 is 35.5 Å². The van der Waals surface area contributed by atoms with Crippen molar-refractivity contribution in [1.82, 2.24) is 9.97 Å². The second-order valence-corrected chi connectivity index (χ2v) is 6.31. The minimum atomic E-state index is -4.83. The quantitative estimate of drug-likeness (QED) is 0.494. The molecule has 0 spiro atoms. The number of nitrogens with one attached hydrogen (secondary N) is 1. The third-order valence-corrected chi connectivity index (χ3v) is 4.42. The fourth-order valence-corrected chi connectivity index (χ4v) is 3.22. The van der Waals surface area contributed by atoms with Crippen molar-refractivity contribution in [2.45, 2.75) is 37.6 Å². The van der Waals surface area contributed by atoms with Crippen LogP contribution in [0.4, 0.5) is 36.6 Å². The Balaban J connectivity index is 1.99. The van der Waals surface area contributed by atoms with Crippen LogP contribution in [-0.4, -0.2) is 16.6 Å². The van der Waals surface area contributed by atoms with Gasteiger partial charge in [0.2, 0.25) is 0 Å². The van der Waals surface area contributed by atoms with Crippen LogP contribution in [-0.2, 0) is 12.1 Å². The van der Waals surface area contributed by atoms with E-state index >= 15 is 0 Å². The van der Waals surface area contributed by atoms with Gasteiger partial charge in [0.05, 0.1) is 17.2 Å². The standard InChI is InChI=1S/C16H11ClF7N3O/c17-12-11-8(2-4-25-12)9(1-3-15(11,20)21)27-13-10(28-14(18)19)5-7(6-26-13)16(22,23)24/h2,4-6,9,14H,1,3H2,(H,26,27). The van der Waals surface area contributed by atoms with Crippen molar-refractivity contribution in [3.63, 3.8) is 0 Å². The predicted molar refractivity (Wildman–Crippen MR) is 84.6 cm³/mol. The van der Waals surface area contributed by atoms with Crippen LogP contribution < -0.4 is 10.1 Å². The molecule has 2 aromatic heterocycles. The van der Waals surface area contributed by atoms with Crippen molar-refractivity contribution in [3.05, 3.63) is 46.4 Å². The molecule has 2 heterocycles. The fraction of sp³-hybridized carbons (Fsp3) is 0.375. The number of hydrogen-bond donors (Lipinski definition) is 1. The Morgan fingerprint density at radius 1 is 1.25 bits per heavy atom. The Hall–Kier alpha value is -2.30. The first-order valence-corrected chi connectivity index (χ1v) is 8.18. The molecular formula is C16H11ClF7N3O. The number of aromatic nitrogens is 2. The van der Waals surface area contributed by atoms with Gasteiger partial charge < -0.3 is 10.1 Å². The second kappa shape index (κ2) is 7.26. The lowest BCUT2D eigenvalue weighted by Crippen LogP contribution is -2.28. The number of hydrogen-bond acceptors (Lipinski definition) is 4. The molecule has 0 saturated heterocycles. The summed E-state index contributed by atoms with van der Waals surface area (Å²) in [6.07, 6.45) is -4.00. The highest BCUT2D eigenvalue weighted by atomic mass is 35.5. The average molecular weight is 430 g/mol. The molecular weight excluding hydrogens is 419 g/mol. The predicted octanol–water partition coefficient (Wildman–Crippen LogP) is 5.79. The first kappa shape index (κ1) is 20.4. The molecule has 0 fully saturated rings. The Morgan fingerprint density at radius 3 is 2.61 bits per heavy atom. The third-order valence-electron chi connectivity index (χ3n) is 4.13. The molecule has 1 unspecified atom stereocenters. The zero-order chi connectivity index (χ0) is 20.7. The van der Waals surface area contributed by atoms with Crippen molar-refractivity contribution in [2.75, 3.05) is 5.32 Å². The van der Waals surface area contributed by atoms with Crippen LogP contribution >= 0.6 is 11.6 Å². The molecule has 152 valence electrons. The Labute approximate surface area is 158 Å². The number of nitrogens with zero attached hydrogens (tertiary/aromatic N) is 2. The van der Waals surface area contributed by atoms with Crippen LogP contribution in [0.15, 0.2) is 24.5 Å². The minimum absolute atomic E-state index is 0.0425. The first-order chi connectivity index (χ1) is 13.0. The normalized spacial score (nSPS) is 18.7. The van der Waals surface area contributed by atoms with Gasteiger partial charge in [-0.3, -0.25) is 0 Å². The minimum Gasteiger partial charge on any atom is -0.431 e. The Kier molecular flexibility index (Phi) is 5.30. The highest BCUT2D eigenvalue weighted by molar-refractivity contribution is 6.30. The Morgan fingerprint density at radius 2 is 1.96 bits per heavy atom. The van der Waals surface area contributed by atoms with Gasteiger partial charge in [0, 0.05) is 18.8 Å². The average Bonchev–Trinajstić information content (AvgIpc) is 2.57. The van der Waals surface area contributed by atoms with Gasteiger partial charge in [-0.2, -0.15) is 22.0 Å². The number of pyridine rings is 2. The molecule has 28 heavy (non-hydrogen) atoms. The number of rotatable bonds is 4. The topological polar surface area (TPSA) is 47.0 Å². The summed E-state index contributed by atoms with van der Waals surface area (Å²) in [5, 5.41) is 2.18. The van der Waals surface area contributed by atoms with Crippen LogP contribution in [0.1, 0.15) is 35.6 Å². The maximum Gasteiger partial charge on any atom is 0.418 e. The van der Waals surface area contributed by atoms with Crippen molar-refractivity contribution >= 4 is 17.4 Å². The van der Waals surface area contributed by atoms with Gasteiger partial charge in [0.15, 0.2) is 11.6 Å². The second-order valence-electron chi connectivity index (χ2n) is 5.95. The molecule has 4 nitrogen and oxygen atoms in total. The third kappa shape index (κ3) is 4.08. The van der Waals surface area contributed by atoms with Gasteiger partial charge in [0.25, 0.3) is 5.92 Å². The monoisotopic (exact) mass is 429 g/mol. The number of anilines is 1. The molecule has 3 rings (SSSR count). The summed E-state index contributed by atoms with van der Waals surface area (Å²) >= 11 is 5.78. The zero-order valence-electron chi connectivity index (χ0n) is 13.7. The van der Waals surface area contributed by atoms with E-state index in [9.17, 15) is 30.7 Å². The van der Waals surface area contributed by atoms with E-state index in [-0.39, 0.29) is 12.0 Å². The summed E-state index contributed by atoms with van der Waals surface area (Å²) in [5.41, 5.74) is -1.78. The summed E-state index contributed by atoms with van der Waals surface area (Å²) < 4.78 is 96.2. The van der Waals surface area contributed by atoms with Crippen LogP contribution in [0.3, 0.4) is 0 Å². The maximum absolute atomic E-state index is 14.2. The number of alkyl halides is 7. The van der Waals surface area contributed by atoms with E-state index in [1.807, 2.05) is 0 Å². The molecule has 0 aromatic carbocycles. The molecule has 0 aliphatic heterocycles.